The van der Waals surface area contributed by atoms with Crippen LogP contribution in [0.15, 0.2) is 24.3 Å². The Bertz CT molecular complexity index is 606. The maximum Gasteiger partial charge on any atom is 0.253 e. The third-order valence-electron chi connectivity index (χ3n) is 5.31. The quantitative estimate of drug-likeness (QED) is 0.874. The molecule has 1 aliphatic carbocycles. The highest BCUT2D eigenvalue weighted by Gasteiger charge is 2.40. The molecule has 24 heavy (non-hydrogen) atoms. The van der Waals surface area contributed by atoms with Gasteiger partial charge in [-0.3, -0.25) is 9.59 Å². The second-order valence-electron chi connectivity index (χ2n) is 7.16. The molecule has 5 heteroatoms. The summed E-state index contributed by atoms with van der Waals surface area (Å²) < 4.78 is 0. The summed E-state index contributed by atoms with van der Waals surface area (Å²) in [7, 11) is 0. The van der Waals surface area contributed by atoms with E-state index < -0.39 is 5.60 Å². The Morgan fingerprint density at radius 2 is 1.96 bits per heavy atom. The molecule has 1 fully saturated rings. The molecular weight excluding hydrogens is 304 g/mol. The number of amides is 2. The summed E-state index contributed by atoms with van der Waals surface area (Å²) in [6.45, 7) is 2.76. The van der Waals surface area contributed by atoms with Gasteiger partial charge in [-0.1, -0.05) is 24.3 Å². The van der Waals surface area contributed by atoms with E-state index >= 15 is 0 Å². The van der Waals surface area contributed by atoms with Crippen molar-refractivity contribution in [1.82, 2.24) is 10.2 Å². The fourth-order valence-corrected chi connectivity index (χ4v) is 3.90. The van der Waals surface area contributed by atoms with Crippen molar-refractivity contribution in [2.45, 2.75) is 44.6 Å². The zero-order valence-corrected chi connectivity index (χ0v) is 14.3. The van der Waals surface area contributed by atoms with Crippen molar-refractivity contribution in [1.29, 1.82) is 0 Å². The van der Waals surface area contributed by atoms with Crippen molar-refractivity contribution in [3.8, 4) is 0 Å². The average Bonchev–Trinajstić information content (AvgIpc) is 2.97. The Balaban J connectivity index is 1.47. The summed E-state index contributed by atoms with van der Waals surface area (Å²) in [5.41, 5.74) is 1.39. The van der Waals surface area contributed by atoms with Gasteiger partial charge < -0.3 is 15.3 Å². The molecule has 3 rings (SSSR count). The number of likely N-dealkylation sites (tertiary alicyclic amines) is 1. The molecule has 2 amide bonds. The van der Waals surface area contributed by atoms with Gasteiger partial charge in [0.1, 0.15) is 0 Å². The minimum Gasteiger partial charge on any atom is -0.378 e. The molecule has 2 N–H and O–H groups in total. The summed E-state index contributed by atoms with van der Waals surface area (Å²) in [5, 5.41) is 13.5. The highest BCUT2D eigenvalue weighted by molar-refractivity contribution is 5.86. The van der Waals surface area contributed by atoms with Crippen LogP contribution in [0.5, 0.6) is 0 Å². The second-order valence-corrected chi connectivity index (χ2v) is 7.16. The van der Waals surface area contributed by atoms with Crippen molar-refractivity contribution in [2.75, 3.05) is 19.6 Å². The van der Waals surface area contributed by atoms with Gasteiger partial charge in [-0.2, -0.15) is 0 Å². The van der Waals surface area contributed by atoms with Crippen LogP contribution in [0.2, 0.25) is 0 Å². The predicted octanol–water partition coefficient (Wildman–Crippen LogP) is 1.28. The lowest BCUT2D eigenvalue weighted by atomic mass is 9.91. The van der Waals surface area contributed by atoms with Crippen molar-refractivity contribution in [3.05, 3.63) is 35.4 Å². The lowest BCUT2D eigenvalue weighted by Crippen LogP contribution is -2.58. The van der Waals surface area contributed by atoms with Crippen LogP contribution < -0.4 is 5.32 Å². The predicted molar refractivity (Wildman–Crippen MR) is 91.4 cm³/mol. The number of hydrogen-bond acceptors (Lipinski definition) is 3. The van der Waals surface area contributed by atoms with Gasteiger partial charge in [-0.25, -0.2) is 0 Å². The lowest BCUT2D eigenvalue weighted by molar-refractivity contribution is -0.150. The van der Waals surface area contributed by atoms with Crippen LogP contribution in [-0.2, 0) is 22.4 Å². The zero-order chi connectivity index (χ0) is 17.2. The Kier molecular flexibility index (Phi) is 4.90. The molecule has 0 unspecified atom stereocenters. The normalized spacial score (nSPS) is 23.8. The van der Waals surface area contributed by atoms with Crippen LogP contribution in [0.1, 0.15) is 37.3 Å². The van der Waals surface area contributed by atoms with E-state index in [-0.39, 0.29) is 18.4 Å². The van der Waals surface area contributed by atoms with E-state index in [9.17, 15) is 14.7 Å². The van der Waals surface area contributed by atoms with E-state index in [1.165, 1.54) is 18.1 Å². The van der Waals surface area contributed by atoms with E-state index in [0.29, 0.717) is 31.8 Å². The number of nitrogens with one attached hydrogen (secondary N) is 1. The molecule has 2 aliphatic rings. The van der Waals surface area contributed by atoms with Crippen LogP contribution in [-0.4, -0.2) is 47.1 Å². The topological polar surface area (TPSA) is 69.6 Å². The van der Waals surface area contributed by atoms with Gasteiger partial charge in [-0.05, 0) is 49.1 Å². The number of fused-ring (bicyclic) bond motifs is 1. The Morgan fingerprint density at radius 1 is 1.29 bits per heavy atom. The summed E-state index contributed by atoms with van der Waals surface area (Å²) in [5.74, 6) is 0.117. The number of β-amino-alcohol motifs (C(OH)–C–C–N with tert-alkyl or cyclic N) is 1. The van der Waals surface area contributed by atoms with E-state index in [0.717, 1.165) is 19.3 Å². The van der Waals surface area contributed by atoms with Crippen molar-refractivity contribution < 1.29 is 14.7 Å². The maximum atomic E-state index is 12.4. The second kappa shape index (κ2) is 6.93. The van der Waals surface area contributed by atoms with Crippen LogP contribution >= 0.6 is 0 Å². The molecule has 0 saturated carbocycles. The van der Waals surface area contributed by atoms with Crippen molar-refractivity contribution in [2.24, 2.45) is 5.92 Å². The van der Waals surface area contributed by atoms with Crippen LogP contribution in [0.4, 0.5) is 0 Å². The highest BCUT2D eigenvalue weighted by atomic mass is 16.3. The number of piperidine rings is 1. The first-order valence-corrected chi connectivity index (χ1v) is 8.81. The number of carbonyl (C=O) groups excluding carboxylic acids is 2. The largest absolute Gasteiger partial charge is 0.378 e. The summed E-state index contributed by atoms with van der Waals surface area (Å²) in [6.07, 6.45) is 4.11. The van der Waals surface area contributed by atoms with Gasteiger partial charge in [0.25, 0.3) is 5.91 Å². The van der Waals surface area contributed by atoms with Crippen LogP contribution in [0, 0.1) is 5.92 Å². The molecule has 130 valence electrons. The number of benzene rings is 1. The first-order valence-electron chi connectivity index (χ1n) is 8.81. The molecule has 0 radical (unpaired) electrons. The molecule has 0 aromatic heterocycles. The lowest BCUT2D eigenvalue weighted by Gasteiger charge is -2.37. The molecule has 0 bridgehead atoms. The smallest absolute Gasteiger partial charge is 0.253 e. The molecule has 1 atom stereocenters. The van der Waals surface area contributed by atoms with Gasteiger partial charge in [0.2, 0.25) is 5.91 Å². The molecule has 1 aromatic rings. The standard InChI is InChI=1S/C19H26N2O3/c1-14(22)21-10-4-8-19(24,13-21)18(23)20-9-7-15-11-16-5-2-3-6-17(16)12-15/h2-3,5-6,15,24H,4,7-13H2,1H3,(H,20,23)/t19-/m1/s1. The molecule has 5 nitrogen and oxygen atoms in total. The first-order chi connectivity index (χ1) is 11.5. The van der Waals surface area contributed by atoms with E-state index in [2.05, 4.69) is 29.6 Å². The van der Waals surface area contributed by atoms with Gasteiger partial charge >= 0.3 is 0 Å². The number of hydrogen-bond donors (Lipinski definition) is 2. The third-order valence-corrected chi connectivity index (χ3v) is 5.31. The monoisotopic (exact) mass is 330 g/mol. The molecule has 1 saturated heterocycles. The van der Waals surface area contributed by atoms with E-state index in [1.807, 2.05) is 0 Å². The molecule has 1 aromatic carbocycles. The van der Waals surface area contributed by atoms with Gasteiger partial charge in [0, 0.05) is 20.0 Å². The fourth-order valence-electron chi connectivity index (χ4n) is 3.90. The summed E-state index contributed by atoms with van der Waals surface area (Å²) in [4.78, 5) is 25.4. The maximum absolute atomic E-state index is 12.4. The average molecular weight is 330 g/mol. The zero-order valence-electron chi connectivity index (χ0n) is 14.3. The number of rotatable bonds is 4. The fraction of sp³-hybridized carbons (Fsp3) is 0.579. The number of nitrogens with zero attached hydrogens (tertiary/aromatic N) is 1. The molecule has 1 aliphatic heterocycles. The third kappa shape index (κ3) is 3.61. The van der Waals surface area contributed by atoms with Crippen LogP contribution in [0.3, 0.4) is 0 Å². The van der Waals surface area contributed by atoms with E-state index in [1.54, 1.807) is 4.90 Å². The number of carbonyl (C=O) groups is 2. The minimum absolute atomic E-state index is 0.0929. The van der Waals surface area contributed by atoms with Crippen molar-refractivity contribution >= 4 is 11.8 Å². The molecule has 1 heterocycles. The van der Waals surface area contributed by atoms with E-state index in [4.69, 9.17) is 0 Å². The molecule has 0 spiro atoms. The Labute approximate surface area is 143 Å². The van der Waals surface area contributed by atoms with Crippen LogP contribution in [0.25, 0.3) is 0 Å². The Morgan fingerprint density at radius 3 is 2.58 bits per heavy atom. The minimum atomic E-state index is -1.44. The Hall–Kier alpha value is -1.88. The van der Waals surface area contributed by atoms with Crippen molar-refractivity contribution in [3.63, 3.8) is 0 Å². The number of aliphatic hydroxyl groups is 1. The van der Waals surface area contributed by atoms with Gasteiger partial charge in [-0.15, -0.1) is 0 Å². The first kappa shape index (κ1) is 17.0. The SMILES string of the molecule is CC(=O)N1CCC[C@](O)(C(=O)NCCC2Cc3ccccc3C2)C1. The van der Waals surface area contributed by atoms with Gasteiger partial charge in [0.15, 0.2) is 5.60 Å². The summed E-state index contributed by atoms with van der Waals surface area (Å²) >= 11 is 0. The summed E-state index contributed by atoms with van der Waals surface area (Å²) in [6, 6.07) is 8.49. The highest BCUT2D eigenvalue weighted by Crippen LogP contribution is 2.28. The molecular formula is C19H26N2O3. The van der Waals surface area contributed by atoms with Gasteiger partial charge in [0.05, 0.1) is 6.54 Å².